The number of rotatable bonds is 4. The van der Waals surface area contributed by atoms with Gasteiger partial charge < -0.3 is 0 Å². The zero-order valence-corrected chi connectivity index (χ0v) is 11.2. The zero-order valence-electron chi connectivity index (χ0n) is 9.60. The normalized spacial score (nSPS) is 11.4. The number of hydrogen-bond acceptors (Lipinski definition) is 4. The molecule has 0 radical (unpaired) electrons. The summed E-state index contributed by atoms with van der Waals surface area (Å²) in [5.74, 6) is 0.875. The van der Waals surface area contributed by atoms with Crippen molar-refractivity contribution in [2.24, 2.45) is 0 Å². The highest BCUT2D eigenvalue weighted by Gasteiger charge is 2.11. The van der Waals surface area contributed by atoms with Crippen LogP contribution in [0.15, 0.2) is 24.3 Å². The predicted molar refractivity (Wildman–Crippen MR) is 71.7 cm³/mol. The van der Waals surface area contributed by atoms with E-state index in [1.807, 2.05) is 22.9 Å². The van der Waals surface area contributed by atoms with Gasteiger partial charge in [-0.2, -0.15) is 0 Å². The highest BCUT2D eigenvalue weighted by molar-refractivity contribution is 8.76. The van der Waals surface area contributed by atoms with Crippen LogP contribution in [0.1, 0.15) is 26.3 Å². The summed E-state index contributed by atoms with van der Waals surface area (Å²) in [6, 6.07) is 6.73. The lowest BCUT2D eigenvalue weighted by Gasteiger charge is -2.15. The van der Waals surface area contributed by atoms with Gasteiger partial charge in [0.25, 0.3) is 5.69 Å². The summed E-state index contributed by atoms with van der Waals surface area (Å²) in [6.07, 6.45) is 0. The summed E-state index contributed by atoms with van der Waals surface area (Å²) < 4.78 is 0.242. The molecule has 0 aliphatic carbocycles. The van der Waals surface area contributed by atoms with Gasteiger partial charge in [-0.15, -0.1) is 0 Å². The van der Waals surface area contributed by atoms with Gasteiger partial charge in [0, 0.05) is 22.6 Å². The van der Waals surface area contributed by atoms with Gasteiger partial charge in [-0.3, -0.25) is 10.1 Å². The van der Waals surface area contributed by atoms with Crippen LogP contribution in [-0.2, 0) is 5.75 Å². The molecule has 1 aromatic rings. The Hall–Kier alpha value is -0.680. The maximum absolute atomic E-state index is 10.5. The second kappa shape index (κ2) is 5.59. The summed E-state index contributed by atoms with van der Waals surface area (Å²) in [4.78, 5) is 10.1. The fourth-order valence-electron chi connectivity index (χ4n) is 0.988. The topological polar surface area (TPSA) is 43.1 Å². The SMILES string of the molecule is CC(C)(C)SSCc1ccc([N+](=O)[O-])cc1. The molecule has 3 nitrogen and oxygen atoms in total. The van der Waals surface area contributed by atoms with Crippen LogP contribution in [-0.4, -0.2) is 9.67 Å². The fraction of sp³-hybridized carbons (Fsp3) is 0.455. The van der Waals surface area contributed by atoms with Crippen molar-refractivity contribution >= 4 is 27.3 Å². The molecule has 16 heavy (non-hydrogen) atoms. The number of benzene rings is 1. The second-order valence-electron chi connectivity index (χ2n) is 4.38. The Labute approximate surface area is 104 Å². The van der Waals surface area contributed by atoms with Gasteiger partial charge >= 0.3 is 0 Å². The predicted octanol–water partition coefficient (Wildman–Crippen LogP) is 4.27. The minimum Gasteiger partial charge on any atom is -0.258 e. The van der Waals surface area contributed by atoms with Gasteiger partial charge in [0.05, 0.1) is 4.92 Å². The first-order valence-electron chi connectivity index (χ1n) is 4.92. The summed E-state index contributed by atoms with van der Waals surface area (Å²) in [5, 5.41) is 10.5. The van der Waals surface area contributed by atoms with Crippen molar-refractivity contribution in [2.45, 2.75) is 31.3 Å². The Morgan fingerprint density at radius 1 is 1.25 bits per heavy atom. The van der Waals surface area contributed by atoms with Gasteiger partial charge in [-0.1, -0.05) is 54.5 Å². The quantitative estimate of drug-likeness (QED) is 0.459. The van der Waals surface area contributed by atoms with Crippen LogP contribution in [0, 0.1) is 10.1 Å². The summed E-state index contributed by atoms with van der Waals surface area (Å²) >= 11 is 0. The summed E-state index contributed by atoms with van der Waals surface area (Å²) in [5.41, 5.74) is 1.27. The Morgan fingerprint density at radius 2 is 1.81 bits per heavy atom. The summed E-state index contributed by atoms with van der Waals surface area (Å²) in [6.45, 7) is 6.50. The lowest BCUT2D eigenvalue weighted by atomic mass is 10.2. The largest absolute Gasteiger partial charge is 0.269 e. The van der Waals surface area contributed by atoms with Crippen LogP contribution in [0.3, 0.4) is 0 Å². The molecule has 0 aromatic heterocycles. The molecule has 0 saturated heterocycles. The lowest BCUT2D eigenvalue weighted by Crippen LogP contribution is -2.04. The summed E-state index contributed by atoms with van der Waals surface area (Å²) in [7, 11) is 3.60. The van der Waals surface area contributed by atoms with E-state index >= 15 is 0 Å². The van der Waals surface area contributed by atoms with Crippen LogP contribution >= 0.6 is 21.6 Å². The van der Waals surface area contributed by atoms with E-state index in [1.165, 1.54) is 0 Å². The number of non-ortho nitro benzene ring substituents is 1. The minimum absolute atomic E-state index is 0.150. The van der Waals surface area contributed by atoms with Gasteiger partial charge in [-0.25, -0.2) is 0 Å². The lowest BCUT2D eigenvalue weighted by molar-refractivity contribution is -0.384. The standard InChI is InChI=1S/C11H15NO2S2/c1-11(2,3)16-15-8-9-4-6-10(7-5-9)12(13)14/h4-7H,8H2,1-3H3. The molecule has 0 bridgehead atoms. The van der Waals surface area contributed by atoms with Crippen molar-refractivity contribution in [1.29, 1.82) is 0 Å². The first-order chi connectivity index (χ1) is 7.38. The molecule has 0 aliphatic rings. The molecule has 0 atom stereocenters. The van der Waals surface area contributed by atoms with Crippen molar-refractivity contribution in [3.8, 4) is 0 Å². The van der Waals surface area contributed by atoms with Crippen LogP contribution in [0.4, 0.5) is 5.69 Å². The molecule has 0 unspecified atom stereocenters. The molecule has 0 aliphatic heterocycles. The van der Waals surface area contributed by atoms with E-state index in [4.69, 9.17) is 0 Å². The van der Waals surface area contributed by atoms with Crippen molar-refractivity contribution in [2.75, 3.05) is 0 Å². The smallest absolute Gasteiger partial charge is 0.258 e. The Balaban J connectivity index is 2.47. The first kappa shape index (κ1) is 13.4. The van der Waals surface area contributed by atoms with Crippen molar-refractivity contribution < 1.29 is 4.92 Å². The van der Waals surface area contributed by atoms with Crippen LogP contribution in [0.5, 0.6) is 0 Å². The average Bonchev–Trinajstić information content (AvgIpc) is 2.16. The van der Waals surface area contributed by atoms with E-state index < -0.39 is 0 Å². The molecular formula is C11H15NO2S2. The van der Waals surface area contributed by atoms with Crippen molar-refractivity contribution in [3.05, 3.63) is 39.9 Å². The van der Waals surface area contributed by atoms with Gasteiger partial charge in [0.15, 0.2) is 0 Å². The van der Waals surface area contributed by atoms with E-state index in [9.17, 15) is 10.1 Å². The maximum Gasteiger partial charge on any atom is 0.269 e. The number of nitro groups is 1. The van der Waals surface area contributed by atoms with Gasteiger partial charge in [0.2, 0.25) is 0 Å². The number of nitro benzene ring substituents is 1. The highest BCUT2D eigenvalue weighted by atomic mass is 33.1. The third-order valence-corrected chi connectivity index (χ3v) is 4.96. The van der Waals surface area contributed by atoms with Crippen molar-refractivity contribution in [1.82, 2.24) is 0 Å². The maximum atomic E-state index is 10.5. The fourth-order valence-corrected chi connectivity index (χ4v) is 3.37. The molecule has 0 amide bonds. The molecular weight excluding hydrogens is 242 g/mol. The second-order valence-corrected chi connectivity index (χ2v) is 7.50. The van der Waals surface area contributed by atoms with Gasteiger partial charge in [-0.05, 0) is 5.56 Å². The molecule has 88 valence electrons. The average molecular weight is 257 g/mol. The van der Waals surface area contributed by atoms with E-state index in [-0.39, 0.29) is 15.4 Å². The molecule has 0 spiro atoms. The monoisotopic (exact) mass is 257 g/mol. The van der Waals surface area contributed by atoms with Crippen molar-refractivity contribution in [3.63, 3.8) is 0 Å². The number of nitrogens with zero attached hydrogens (tertiary/aromatic N) is 1. The molecule has 1 rings (SSSR count). The third-order valence-electron chi connectivity index (χ3n) is 1.68. The highest BCUT2D eigenvalue weighted by Crippen LogP contribution is 2.37. The molecule has 1 aromatic carbocycles. The van der Waals surface area contributed by atoms with Crippen LogP contribution < -0.4 is 0 Å². The molecule has 0 saturated carbocycles. The molecule has 0 N–H and O–H groups in total. The van der Waals surface area contributed by atoms with E-state index in [0.717, 1.165) is 11.3 Å². The van der Waals surface area contributed by atoms with E-state index in [0.29, 0.717) is 0 Å². The molecule has 0 fully saturated rings. The van der Waals surface area contributed by atoms with Gasteiger partial charge in [0.1, 0.15) is 0 Å². The van der Waals surface area contributed by atoms with E-state index in [2.05, 4.69) is 20.8 Å². The van der Waals surface area contributed by atoms with Crippen LogP contribution in [0.25, 0.3) is 0 Å². The Bertz CT molecular complexity index is 357. The van der Waals surface area contributed by atoms with E-state index in [1.54, 1.807) is 22.9 Å². The zero-order chi connectivity index (χ0) is 12.2. The molecule has 0 heterocycles. The third kappa shape index (κ3) is 4.90. The minimum atomic E-state index is -0.374. The Kier molecular flexibility index (Phi) is 4.68. The number of hydrogen-bond donors (Lipinski definition) is 0. The Morgan fingerprint density at radius 3 is 2.25 bits per heavy atom. The van der Waals surface area contributed by atoms with Crippen LogP contribution in [0.2, 0.25) is 0 Å². The first-order valence-corrected chi connectivity index (χ1v) is 7.24. The molecule has 5 heteroatoms.